The number of hydrogen-bond acceptors (Lipinski definition) is 3. The summed E-state index contributed by atoms with van der Waals surface area (Å²) in [7, 11) is 0. The third kappa shape index (κ3) is 2.74. The van der Waals surface area contributed by atoms with Crippen molar-refractivity contribution < 1.29 is 14.6 Å². The van der Waals surface area contributed by atoms with Crippen molar-refractivity contribution >= 4 is 21.9 Å². The summed E-state index contributed by atoms with van der Waals surface area (Å²) in [6.45, 7) is 3.92. The van der Waals surface area contributed by atoms with Gasteiger partial charge in [0.2, 0.25) is 5.79 Å². The lowest BCUT2D eigenvalue weighted by molar-refractivity contribution is -0.215. The average molecular weight is 325 g/mol. The molecule has 0 bridgehead atoms. The van der Waals surface area contributed by atoms with E-state index < -0.39 is 11.8 Å². The Kier molecular flexibility index (Phi) is 4.11. The van der Waals surface area contributed by atoms with E-state index in [-0.39, 0.29) is 0 Å². The second-order valence-corrected chi connectivity index (χ2v) is 5.56. The van der Waals surface area contributed by atoms with Crippen molar-refractivity contribution in [3.63, 3.8) is 0 Å². The van der Waals surface area contributed by atoms with E-state index in [4.69, 9.17) is 4.74 Å². The summed E-state index contributed by atoms with van der Waals surface area (Å²) in [5.74, 6) is -1.95. The van der Waals surface area contributed by atoms with Gasteiger partial charge in [-0.15, -0.1) is 0 Å². The van der Waals surface area contributed by atoms with Crippen LogP contribution < -0.4 is 0 Å². The minimum Gasteiger partial charge on any atom is -0.425 e. The molecular formula is C15H17BrO3. The molecule has 0 aromatic heterocycles. The Morgan fingerprint density at radius 2 is 1.89 bits per heavy atom. The summed E-state index contributed by atoms with van der Waals surface area (Å²) >= 11 is 3.35. The number of esters is 1. The summed E-state index contributed by atoms with van der Waals surface area (Å²) in [4.78, 5) is 12.0. The Morgan fingerprint density at radius 3 is 2.42 bits per heavy atom. The summed E-state index contributed by atoms with van der Waals surface area (Å²) in [6, 6.07) is 7.18. The third-order valence-corrected chi connectivity index (χ3v) is 3.99. The highest BCUT2D eigenvalue weighted by Gasteiger charge is 2.40. The second-order valence-electron chi connectivity index (χ2n) is 4.65. The topological polar surface area (TPSA) is 46.5 Å². The number of carbonyl (C=O) groups excluding carboxylic acids is 1. The maximum absolute atomic E-state index is 12.0. The average Bonchev–Trinajstić information content (AvgIpc) is 2.38. The van der Waals surface area contributed by atoms with Gasteiger partial charge in [-0.05, 0) is 25.0 Å². The minimum atomic E-state index is -1.54. The number of cyclic esters (lactones) is 1. The zero-order valence-corrected chi connectivity index (χ0v) is 12.7. The van der Waals surface area contributed by atoms with Crippen molar-refractivity contribution in [1.82, 2.24) is 0 Å². The summed E-state index contributed by atoms with van der Waals surface area (Å²) in [5, 5.41) is 10.6. The number of aliphatic hydroxyl groups is 1. The molecule has 1 heterocycles. The van der Waals surface area contributed by atoms with Gasteiger partial charge < -0.3 is 9.84 Å². The van der Waals surface area contributed by atoms with Crippen molar-refractivity contribution in [2.75, 3.05) is 0 Å². The van der Waals surface area contributed by atoms with E-state index in [0.717, 1.165) is 16.5 Å². The van der Waals surface area contributed by atoms with Gasteiger partial charge in [0.25, 0.3) is 0 Å². The molecule has 0 fully saturated rings. The SMILES string of the molecule is CCC1=C(CC)C(=O)OC(O)(c2ccc(Br)cc2)C1. The molecule has 1 atom stereocenters. The Balaban J connectivity index is 2.39. The second kappa shape index (κ2) is 5.47. The van der Waals surface area contributed by atoms with Gasteiger partial charge in [-0.3, -0.25) is 0 Å². The first kappa shape index (κ1) is 14.3. The van der Waals surface area contributed by atoms with Gasteiger partial charge in [0.1, 0.15) is 0 Å². The van der Waals surface area contributed by atoms with Crippen LogP contribution in [-0.2, 0) is 15.3 Å². The molecule has 1 unspecified atom stereocenters. The first-order valence-corrected chi connectivity index (χ1v) is 7.22. The fourth-order valence-corrected chi connectivity index (χ4v) is 2.66. The molecule has 1 N–H and O–H groups in total. The molecule has 0 aliphatic carbocycles. The highest BCUT2D eigenvalue weighted by molar-refractivity contribution is 9.10. The molecule has 102 valence electrons. The van der Waals surface area contributed by atoms with E-state index in [1.54, 1.807) is 12.1 Å². The van der Waals surface area contributed by atoms with Crippen LogP contribution in [0.3, 0.4) is 0 Å². The highest BCUT2D eigenvalue weighted by atomic mass is 79.9. The van der Waals surface area contributed by atoms with Crippen LogP contribution in [0.15, 0.2) is 39.9 Å². The lowest BCUT2D eigenvalue weighted by atomic mass is 9.89. The zero-order chi connectivity index (χ0) is 14.0. The molecule has 19 heavy (non-hydrogen) atoms. The van der Waals surface area contributed by atoms with E-state index in [1.165, 1.54) is 0 Å². The van der Waals surface area contributed by atoms with Crippen LogP contribution in [-0.4, -0.2) is 11.1 Å². The smallest absolute Gasteiger partial charge is 0.336 e. The molecule has 0 radical (unpaired) electrons. The normalized spacial score (nSPS) is 23.5. The highest BCUT2D eigenvalue weighted by Crippen LogP contribution is 2.38. The number of halogens is 1. The van der Waals surface area contributed by atoms with E-state index in [1.807, 2.05) is 26.0 Å². The first-order chi connectivity index (χ1) is 9.00. The predicted molar refractivity (Wildman–Crippen MR) is 76.4 cm³/mol. The van der Waals surface area contributed by atoms with Gasteiger partial charge in [0, 0.05) is 22.0 Å². The van der Waals surface area contributed by atoms with Crippen LogP contribution in [0.2, 0.25) is 0 Å². The molecule has 3 nitrogen and oxygen atoms in total. The standard InChI is InChI=1S/C15H17BrO3/c1-3-10-9-15(18,19-14(17)13(10)4-2)11-5-7-12(16)8-6-11/h5-8,18H,3-4,9H2,1-2H3. The van der Waals surface area contributed by atoms with Gasteiger partial charge in [-0.25, -0.2) is 4.79 Å². The predicted octanol–water partition coefficient (Wildman–Crippen LogP) is 3.66. The Labute approximate surface area is 121 Å². The van der Waals surface area contributed by atoms with Crippen molar-refractivity contribution in [1.29, 1.82) is 0 Å². The van der Waals surface area contributed by atoms with Crippen molar-refractivity contribution in [3.05, 3.63) is 45.4 Å². The first-order valence-electron chi connectivity index (χ1n) is 6.42. The molecule has 0 spiro atoms. The van der Waals surface area contributed by atoms with Gasteiger partial charge in [0.15, 0.2) is 0 Å². The maximum atomic E-state index is 12.0. The van der Waals surface area contributed by atoms with Crippen LogP contribution in [0.1, 0.15) is 38.7 Å². The Bertz CT molecular complexity index is 519. The maximum Gasteiger partial charge on any atom is 0.336 e. The van der Waals surface area contributed by atoms with Gasteiger partial charge >= 0.3 is 5.97 Å². The Hall–Kier alpha value is -1.13. The zero-order valence-electron chi connectivity index (χ0n) is 11.1. The van der Waals surface area contributed by atoms with Crippen molar-refractivity contribution in [2.24, 2.45) is 0 Å². The van der Waals surface area contributed by atoms with Crippen LogP contribution >= 0.6 is 15.9 Å². The summed E-state index contributed by atoms with van der Waals surface area (Å²) in [6.07, 6.45) is 1.73. The third-order valence-electron chi connectivity index (χ3n) is 3.46. The molecule has 2 rings (SSSR count). The molecule has 1 aliphatic heterocycles. The van der Waals surface area contributed by atoms with Crippen LogP contribution in [0.25, 0.3) is 0 Å². The largest absolute Gasteiger partial charge is 0.425 e. The number of carbonyl (C=O) groups is 1. The van der Waals surface area contributed by atoms with Crippen LogP contribution in [0.5, 0.6) is 0 Å². The minimum absolute atomic E-state index is 0.347. The number of benzene rings is 1. The quantitative estimate of drug-likeness (QED) is 0.863. The molecule has 0 saturated carbocycles. The fraction of sp³-hybridized carbons (Fsp3) is 0.400. The van der Waals surface area contributed by atoms with Gasteiger partial charge in [0.05, 0.1) is 0 Å². The van der Waals surface area contributed by atoms with Crippen LogP contribution in [0.4, 0.5) is 0 Å². The lowest BCUT2D eigenvalue weighted by Gasteiger charge is -2.34. The monoisotopic (exact) mass is 324 g/mol. The fourth-order valence-electron chi connectivity index (χ4n) is 2.40. The molecule has 1 aromatic carbocycles. The van der Waals surface area contributed by atoms with E-state index in [0.29, 0.717) is 24.0 Å². The van der Waals surface area contributed by atoms with Gasteiger partial charge in [-0.1, -0.05) is 47.5 Å². The van der Waals surface area contributed by atoms with Crippen molar-refractivity contribution in [3.8, 4) is 0 Å². The van der Waals surface area contributed by atoms with Crippen molar-refractivity contribution in [2.45, 2.75) is 38.9 Å². The molecule has 1 aliphatic rings. The number of hydrogen-bond donors (Lipinski definition) is 1. The Morgan fingerprint density at radius 1 is 1.26 bits per heavy atom. The number of rotatable bonds is 3. The van der Waals surface area contributed by atoms with E-state index in [9.17, 15) is 9.90 Å². The summed E-state index contributed by atoms with van der Waals surface area (Å²) in [5.41, 5.74) is 2.28. The van der Waals surface area contributed by atoms with E-state index in [2.05, 4.69) is 15.9 Å². The molecule has 0 saturated heterocycles. The lowest BCUT2D eigenvalue weighted by Crippen LogP contribution is -2.37. The van der Waals surface area contributed by atoms with Crippen LogP contribution in [0, 0.1) is 0 Å². The molecule has 4 heteroatoms. The van der Waals surface area contributed by atoms with E-state index >= 15 is 0 Å². The molecule has 0 amide bonds. The van der Waals surface area contributed by atoms with Gasteiger partial charge in [-0.2, -0.15) is 0 Å². The molecular weight excluding hydrogens is 308 g/mol. The molecule has 1 aromatic rings. The number of ether oxygens (including phenoxy) is 1. The summed E-state index contributed by atoms with van der Waals surface area (Å²) < 4.78 is 6.20.